The van der Waals surface area contributed by atoms with Gasteiger partial charge in [0.05, 0.1) is 22.4 Å². The summed E-state index contributed by atoms with van der Waals surface area (Å²) in [4.78, 5) is 10.1. The van der Waals surface area contributed by atoms with Gasteiger partial charge in [0.15, 0.2) is 5.82 Å². The SMILES string of the molecule is N#Cc1c(-c2ccc3ccccc3c2)nc(-c2ccccc2)nc1-c1ccc2oc3cc4c5ccccc5n(-c5ccccc5)c4cc3c2c1. The molecule has 0 aliphatic heterocycles. The molecule has 0 N–H and O–H groups in total. The molecule has 0 radical (unpaired) electrons. The Morgan fingerprint density at radius 2 is 1.14 bits per heavy atom. The highest BCUT2D eigenvalue weighted by molar-refractivity contribution is 6.17. The fraction of sp³-hybridized carbons (Fsp3) is 0. The van der Waals surface area contributed by atoms with Gasteiger partial charge in [-0.15, -0.1) is 0 Å². The van der Waals surface area contributed by atoms with Crippen LogP contribution in [0.4, 0.5) is 0 Å². The number of hydrogen-bond acceptors (Lipinski definition) is 4. The average molecular weight is 639 g/mol. The van der Waals surface area contributed by atoms with E-state index in [9.17, 15) is 5.26 Å². The van der Waals surface area contributed by atoms with E-state index in [0.29, 0.717) is 22.8 Å². The molecule has 0 saturated carbocycles. The highest BCUT2D eigenvalue weighted by Gasteiger charge is 2.21. The summed E-state index contributed by atoms with van der Waals surface area (Å²) in [6.07, 6.45) is 0. The zero-order valence-corrected chi connectivity index (χ0v) is 26.7. The predicted molar refractivity (Wildman–Crippen MR) is 202 cm³/mol. The van der Waals surface area contributed by atoms with Crippen molar-refractivity contribution in [2.24, 2.45) is 0 Å². The minimum absolute atomic E-state index is 0.429. The minimum Gasteiger partial charge on any atom is -0.456 e. The molecule has 7 aromatic carbocycles. The Kier molecular flexibility index (Phi) is 6.17. The Morgan fingerprint density at radius 1 is 0.480 bits per heavy atom. The second-order valence-corrected chi connectivity index (χ2v) is 12.5. The van der Waals surface area contributed by atoms with Crippen molar-refractivity contribution in [1.82, 2.24) is 14.5 Å². The number of aromatic nitrogens is 3. The first kappa shape index (κ1) is 28.0. The Balaban J connectivity index is 1.23. The molecule has 0 unspecified atom stereocenters. The molecule has 0 bridgehead atoms. The van der Waals surface area contributed by atoms with Crippen LogP contribution in [-0.2, 0) is 0 Å². The van der Waals surface area contributed by atoms with Gasteiger partial charge in [-0.3, -0.25) is 0 Å². The van der Waals surface area contributed by atoms with Crippen molar-refractivity contribution >= 4 is 54.5 Å². The molecular weight excluding hydrogens is 613 g/mol. The standard InChI is InChI=1S/C45H26N4O/c46-27-38-43(31-20-19-28-11-7-8-14-30(28)23-31)47-45(29-12-3-1-4-13-29)48-44(38)32-21-22-41-36(24-32)37-25-40-35(26-42(37)50-41)34-17-9-10-18-39(34)49(40)33-15-5-2-6-16-33/h1-26H. The van der Waals surface area contributed by atoms with Crippen molar-refractivity contribution in [3.8, 4) is 45.7 Å². The molecule has 0 fully saturated rings. The molecule has 0 atom stereocenters. The number of nitriles is 1. The van der Waals surface area contributed by atoms with Gasteiger partial charge in [-0.25, -0.2) is 9.97 Å². The third-order valence-corrected chi connectivity index (χ3v) is 9.63. The van der Waals surface area contributed by atoms with Crippen molar-refractivity contribution in [1.29, 1.82) is 5.26 Å². The van der Waals surface area contributed by atoms with Crippen LogP contribution in [0.25, 0.3) is 94.1 Å². The first-order valence-electron chi connectivity index (χ1n) is 16.6. The molecule has 3 heterocycles. The molecule has 5 heteroatoms. The second kappa shape index (κ2) is 11.0. The molecule has 10 rings (SSSR count). The van der Waals surface area contributed by atoms with Gasteiger partial charge in [-0.1, -0.05) is 103 Å². The Bertz CT molecular complexity index is 2990. The first-order chi connectivity index (χ1) is 24.7. The fourth-order valence-corrected chi connectivity index (χ4v) is 7.28. The van der Waals surface area contributed by atoms with Gasteiger partial charge in [0.1, 0.15) is 22.8 Å². The van der Waals surface area contributed by atoms with Gasteiger partial charge in [0.2, 0.25) is 0 Å². The normalized spacial score (nSPS) is 11.6. The maximum atomic E-state index is 10.7. The van der Waals surface area contributed by atoms with Crippen molar-refractivity contribution in [2.45, 2.75) is 0 Å². The highest BCUT2D eigenvalue weighted by atomic mass is 16.3. The van der Waals surface area contributed by atoms with E-state index in [2.05, 4.69) is 102 Å². The molecule has 5 nitrogen and oxygen atoms in total. The van der Waals surface area contributed by atoms with Gasteiger partial charge in [-0.2, -0.15) is 5.26 Å². The first-order valence-corrected chi connectivity index (χ1v) is 16.6. The molecular formula is C45H26N4O. The van der Waals surface area contributed by atoms with Crippen LogP contribution in [0, 0.1) is 11.3 Å². The molecule has 10 aromatic rings. The van der Waals surface area contributed by atoms with Gasteiger partial charge in [-0.05, 0) is 65.4 Å². The average Bonchev–Trinajstić information content (AvgIpc) is 3.71. The zero-order valence-electron chi connectivity index (χ0n) is 26.7. The maximum Gasteiger partial charge on any atom is 0.160 e. The minimum atomic E-state index is 0.429. The predicted octanol–water partition coefficient (Wildman–Crippen LogP) is 11.5. The zero-order chi connectivity index (χ0) is 33.2. The number of para-hydroxylation sites is 2. The van der Waals surface area contributed by atoms with Gasteiger partial charge >= 0.3 is 0 Å². The van der Waals surface area contributed by atoms with Crippen LogP contribution < -0.4 is 0 Å². The molecule has 0 aliphatic rings. The molecule has 0 aliphatic carbocycles. The van der Waals surface area contributed by atoms with Crippen molar-refractivity contribution in [3.05, 3.63) is 163 Å². The van der Waals surface area contributed by atoms with Crippen molar-refractivity contribution < 1.29 is 4.42 Å². The lowest BCUT2D eigenvalue weighted by molar-refractivity contribution is 0.669. The van der Waals surface area contributed by atoms with E-state index in [1.54, 1.807) is 0 Å². The monoisotopic (exact) mass is 638 g/mol. The Hall–Kier alpha value is -7.03. The topological polar surface area (TPSA) is 67.6 Å². The molecule has 0 saturated heterocycles. The number of hydrogen-bond donors (Lipinski definition) is 0. The van der Waals surface area contributed by atoms with E-state index in [0.717, 1.165) is 71.5 Å². The van der Waals surface area contributed by atoms with E-state index < -0.39 is 0 Å². The quantitative estimate of drug-likeness (QED) is 0.192. The molecule has 3 aromatic heterocycles. The lowest BCUT2D eigenvalue weighted by Crippen LogP contribution is -2.01. The van der Waals surface area contributed by atoms with Crippen LogP contribution in [0.15, 0.2) is 162 Å². The van der Waals surface area contributed by atoms with Gasteiger partial charge in [0, 0.05) is 43.9 Å². The second-order valence-electron chi connectivity index (χ2n) is 12.5. The molecule has 0 spiro atoms. The number of nitrogens with zero attached hydrogens (tertiary/aromatic N) is 4. The summed E-state index contributed by atoms with van der Waals surface area (Å²) in [7, 11) is 0. The van der Waals surface area contributed by atoms with Crippen LogP contribution in [0.5, 0.6) is 0 Å². The summed E-state index contributed by atoms with van der Waals surface area (Å²) in [6, 6.07) is 56.2. The largest absolute Gasteiger partial charge is 0.456 e. The lowest BCUT2D eigenvalue weighted by atomic mass is 9.97. The summed E-state index contributed by atoms with van der Waals surface area (Å²) in [5.41, 5.74) is 9.11. The van der Waals surface area contributed by atoms with E-state index in [-0.39, 0.29) is 0 Å². The van der Waals surface area contributed by atoms with E-state index >= 15 is 0 Å². The van der Waals surface area contributed by atoms with Crippen LogP contribution in [0.2, 0.25) is 0 Å². The summed E-state index contributed by atoms with van der Waals surface area (Å²) in [5, 5.41) is 17.2. The van der Waals surface area contributed by atoms with Crippen LogP contribution in [-0.4, -0.2) is 14.5 Å². The number of rotatable bonds is 4. The van der Waals surface area contributed by atoms with E-state index in [4.69, 9.17) is 14.4 Å². The third-order valence-electron chi connectivity index (χ3n) is 9.63. The van der Waals surface area contributed by atoms with Gasteiger partial charge in [0.25, 0.3) is 0 Å². The van der Waals surface area contributed by atoms with E-state index in [1.165, 1.54) is 5.39 Å². The van der Waals surface area contributed by atoms with Crippen LogP contribution >= 0.6 is 0 Å². The summed E-state index contributed by atoms with van der Waals surface area (Å²) in [5.74, 6) is 0.564. The smallest absolute Gasteiger partial charge is 0.160 e. The summed E-state index contributed by atoms with van der Waals surface area (Å²) in [6.45, 7) is 0. The number of fused-ring (bicyclic) bond motifs is 7. The third kappa shape index (κ3) is 4.33. The molecule has 50 heavy (non-hydrogen) atoms. The Morgan fingerprint density at radius 3 is 1.94 bits per heavy atom. The summed E-state index contributed by atoms with van der Waals surface area (Å²) >= 11 is 0. The fourth-order valence-electron chi connectivity index (χ4n) is 7.28. The van der Waals surface area contributed by atoms with Crippen LogP contribution in [0.3, 0.4) is 0 Å². The van der Waals surface area contributed by atoms with Gasteiger partial charge < -0.3 is 8.98 Å². The number of furan rings is 1. The van der Waals surface area contributed by atoms with E-state index in [1.807, 2.05) is 66.7 Å². The number of benzene rings is 7. The maximum absolute atomic E-state index is 10.7. The Labute approximate surface area is 286 Å². The lowest BCUT2D eigenvalue weighted by Gasteiger charge is -2.13. The highest BCUT2D eigenvalue weighted by Crippen LogP contribution is 2.40. The molecule has 232 valence electrons. The van der Waals surface area contributed by atoms with Crippen molar-refractivity contribution in [3.63, 3.8) is 0 Å². The molecule has 0 amide bonds. The van der Waals surface area contributed by atoms with Crippen molar-refractivity contribution in [2.75, 3.05) is 0 Å². The van der Waals surface area contributed by atoms with Crippen LogP contribution in [0.1, 0.15) is 5.56 Å². The summed E-state index contributed by atoms with van der Waals surface area (Å²) < 4.78 is 8.80.